The Balaban J connectivity index is 1.55. The van der Waals surface area contributed by atoms with Gasteiger partial charge in [0.25, 0.3) is 5.91 Å². The second-order valence-electron chi connectivity index (χ2n) is 6.29. The second kappa shape index (κ2) is 6.91. The average molecular weight is 403 g/mol. The van der Waals surface area contributed by atoms with Gasteiger partial charge in [0.1, 0.15) is 17.0 Å². The van der Waals surface area contributed by atoms with Gasteiger partial charge in [-0.15, -0.1) is 11.3 Å². The number of carbonyl (C=O) groups is 1. The molecular weight excluding hydrogens is 386 g/mol. The Morgan fingerprint density at radius 1 is 1.33 bits per heavy atom. The van der Waals surface area contributed by atoms with Crippen molar-refractivity contribution in [2.24, 2.45) is 0 Å². The van der Waals surface area contributed by atoms with Crippen LogP contribution in [0.3, 0.4) is 0 Å². The lowest BCUT2D eigenvalue weighted by Gasteiger charge is -2.28. The smallest absolute Gasteiger partial charge is 0.275 e. The highest BCUT2D eigenvalue weighted by Gasteiger charge is 2.25. The van der Waals surface area contributed by atoms with Crippen LogP contribution in [-0.2, 0) is 23.0 Å². The SMILES string of the molecule is CS(=O)(=O)N1CCc2c(cccc2NC(=O)c2csc(-c3ccoc3)n2)C1. The fourth-order valence-corrected chi connectivity index (χ4v) is 4.65. The van der Waals surface area contributed by atoms with Crippen LogP contribution in [0.4, 0.5) is 5.69 Å². The van der Waals surface area contributed by atoms with Crippen molar-refractivity contribution in [2.75, 3.05) is 18.1 Å². The summed E-state index contributed by atoms with van der Waals surface area (Å²) in [4.78, 5) is 17.0. The van der Waals surface area contributed by atoms with Crippen molar-refractivity contribution in [3.8, 4) is 10.6 Å². The van der Waals surface area contributed by atoms with Crippen LogP contribution in [0.5, 0.6) is 0 Å². The topological polar surface area (TPSA) is 92.5 Å². The number of nitrogens with one attached hydrogen (secondary N) is 1. The zero-order valence-electron chi connectivity index (χ0n) is 14.5. The van der Waals surface area contributed by atoms with E-state index in [2.05, 4.69) is 10.3 Å². The maximum atomic E-state index is 12.6. The summed E-state index contributed by atoms with van der Waals surface area (Å²) in [6.45, 7) is 0.721. The van der Waals surface area contributed by atoms with E-state index in [-0.39, 0.29) is 5.91 Å². The Hall–Kier alpha value is -2.49. The predicted octanol–water partition coefficient (Wildman–Crippen LogP) is 2.97. The van der Waals surface area contributed by atoms with Crippen molar-refractivity contribution < 1.29 is 17.6 Å². The molecule has 1 aliphatic rings. The number of fused-ring (bicyclic) bond motifs is 1. The van der Waals surface area contributed by atoms with E-state index in [4.69, 9.17) is 4.42 Å². The van der Waals surface area contributed by atoms with Crippen LogP contribution in [0, 0.1) is 0 Å². The highest BCUT2D eigenvalue weighted by Crippen LogP contribution is 2.28. The van der Waals surface area contributed by atoms with E-state index < -0.39 is 10.0 Å². The van der Waals surface area contributed by atoms with Crippen molar-refractivity contribution in [1.82, 2.24) is 9.29 Å². The number of nitrogens with zero attached hydrogens (tertiary/aromatic N) is 2. The van der Waals surface area contributed by atoms with Crippen LogP contribution in [-0.4, -0.2) is 36.4 Å². The van der Waals surface area contributed by atoms with Crippen LogP contribution in [0.15, 0.2) is 46.6 Å². The van der Waals surface area contributed by atoms with Gasteiger partial charge in [-0.2, -0.15) is 4.31 Å². The number of hydrogen-bond acceptors (Lipinski definition) is 6. The van der Waals surface area contributed by atoms with Gasteiger partial charge in [0, 0.05) is 29.7 Å². The first kappa shape index (κ1) is 17.9. The largest absolute Gasteiger partial charge is 0.472 e. The zero-order valence-corrected chi connectivity index (χ0v) is 16.1. The first-order valence-electron chi connectivity index (χ1n) is 8.27. The molecule has 27 heavy (non-hydrogen) atoms. The lowest BCUT2D eigenvalue weighted by atomic mass is 9.99. The number of anilines is 1. The molecule has 3 heterocycles. The lowest BCUT2D eigenvalue weighted by Crippen LogP contribution is -2.35. The van der Waals surface area contributed by atoms with Gasteiger partial charge in [-0.05, 0) is 29.7 Å². The highest BCUT2D eigenvalue weighted by atomic mass is 32.2. The summed E-state index contributed by atoms with van der Waals surface area (Å²) in [5.41, 5.74) is 3.74. The Kier molecular flexibility index (Phi) is 4.58. The molecule has 0 atom stereocenters. The first-order chi connectivity index (χ1) is 12.9. The average Bonchev–Trinajstić information content (AvgIpc) is 3.32. The van der Waals surface area contributed by atoms with Crippen molar-refractivity contribution in [3.63, 3.8) is 0 Å². The number of benzene rings is 1. The maximum absolute atomic E-state index is 12.6. The van der Waals surface area contributed by atoms with Crippen LogP contribution in [0.25, 0.3) is 10.6 Å². The standard InChI is InChI=1S/C18H17N3O4S2/c1-27(23,24)21-7-5-14-12(9-21)3-2-4-15(14)19-17(22)16-11-26-18(20-16)13-6-8-25-10-13/h2-4,6,8,10-11H,5,7,9H2,1H3,(H,19,22). The fraction of sp³-hybridized carbons (Fsp3) is 0.222. The van der Waals surface area contributed by atoms with Gasteiger partial charge >= 0.3 is 0 Å². The molecule has 0 aliphatic carbocycles. The van der Waals surface area contributed by atoms with Crippen molar-refractivity contribution in [2.45, 2.75) is 13.0 Å². The monoisotopic (exact) mass is 403 g/mol. The minimum atomic E-state index is -3.24. The van der Waals surface area contributed by atoms with E-state index in [0.29, 0.717) is 35.9 Å². The van der Waals surface area contributed by atoms with Gasteiger partial charge in [0.05, 0.1) is 12.5 Å². The van der Waals surface area contributed by atoms with Gasteiger partial charge in [-0.25, -0.2) is 13.4 Å². The number of sulfonamides is 1. The molecule has 0 saturated heterocycles. The molecule has 0 spiro atoms. The Morgan fingerprint density at radius 3 is 2.93 bits per heavy atom. The molecule has 1 N–H and O–H groups in total. The summed E-state index contributed by atoms with van der Waals surface area (Å²) >= 11 is 1.37. The van der Waals surface area contributed by atoms with E-state index in [9.17, 15) is 13.2 Å². The minimum Gasteiger partial charge on any atom is -0.472 e. The molecule has 2 aromatic heterocycles. The quantitative estimate of drug-likeness (QED) is 0.723. The Morgan fingerprint density at radius 2 is 2.19 bits per heavy atom. The van der Waals surface area contributed by atoms with E-state index in [1.54, 1.807) is 24.0 Å². The second-order valence-corrected chi connectivity index (χ2v) is 9.13. The summed E-state index contributed by atoms with van der Waals surface area (Å²) in [7, 11) is -3.24. The molecule has 0 radical (unpaired) electrons. The summed E-state index contributed by atoms with van der Waals surface area (Å²) < 4.78 is 30.1. The van der Waals surface area contributed by atoms with Gasteiger partial charge in [-0.1, -0.05) is 12.1 Å². The molecule has 0 unspecified atom stereocenters. The molecule has 140 valence electrons. The lowest BCUT2D eigenvalue weighted by molar-refractivity contribution is 0.102. The number of rotatable bonds is 4. The van der Waals surface area contributed by atoms with E-state index in [1.165, 1.54) is 21.9 Å². The van der Waals surface area contributed by atoms with Crippen molar-refractivity contribution >= 4 is 33.0 Å². The number of amides is 1. The molecule has 0 saturated carbocycles. The van der Waals surface area contributed by atoms with Gasteiger partial charge in [0.2, 0.25) is 10.0 Å². The number of furan rings is 1. The van der Waals surface area contributed by atoms with Gasteiger partial charge in [-0.3, -0.25) is 4.79 Å². The zero-order chi connectivity index (χ0) is 19.0. The van der Waals surface area contributed by atoms with E-state index >= 15 is 0 Å². The van der Waals surface area contributed by atoms with Crippen molar-refractivity contribution in [3.05, 3.63) is 59.0 Å². The number of hydrogen-bond donors (Lipinski definition) is 1. The van der Waals surface area contributed by atoms with Gasteiger partial charge < -0.3 is 9.73 Å². The summed E-state index contributed by atoms with van der Waals surface area (Å²) in [5.74, 6) is -0.292. The Bertz CT molecular complexity index is 1090. The molecule has 0 fully saturated rings. The highest BCUT2D eigenvalue weighted by molar-refractivity contribution is 7.88. The normalized spacial score (nSPS) is 14.7. The predicted molar refractivity (Wildman–Crippen MR) is 103 cm³/mol. The molecule has 0 bridgehead atoms. The van der Waals surface area contributed by atoms with E-state index in [0.717, 1.165) is 16.7 Å². The van der Waals surface area contributed by atoms with Crippen LogP contribution < -0.4 is 5.32 Å². The molecule has 1 aromatic carbocycles. The minimum absolute atomic E-state index is 0.292. The molecule has 3 aromatic rings. The van der Waals surface area contributed by atoms with Crippen molar-refractivity contribution in [1.29, 1.82) is 0 Å². The third-order valence-electron chi connectivity index (χ3n) is 4.45. The molecule has 9 heteroatoms. The fourth-order valence-electron chi connectivity index (χ4n) is 3.07. The van der Waals surface area contributed by atoms with Crippen LogP contribution >= 0.6 is 11.3 Å². The maximum Gasteiger partial charge on any atom is 0.275 e. The molecular formula is C18H17N3O4S2. The number of thiazole rings is 1. The Labute approximate surface area is 160 Å². The summed E-state index contributed by atoms with van der Waals surface area (Å²) in [6, 6.07) is 7.33. The molecule has 7 nitrogen and oxygen atoms in total. The molecule has 4 rings (SSSR count). The first-order valence-corrected chi connectivity index (χ1v) is 11.0. The van der Waals surface area contributed by atoms with Gasteiger partial charge in [0.15, 0.2) is 0 Å². The number of aromatic nitrogens is 1. The third-order valence-corrected chi connectivity index (χ3v) is 6.59. The van der Waals surface area contributed by atoms with E-state index in [1.807, 2.05) is 18.2 Å². The van der Waals surface area contributed by atoms with Crippen LogP contribution in [0.2, 0.25) is 0 Å². The summed E-state index contributed by atoms with van der Waals surface area (Å²) in [5, 5.41) is 5.33. The third kappa shape index (κ3) is 3.66. The summed E-state index contributed by atoms with van der Waals surface area (Å²) in [6.07, 6.45) is 4.91. The number of carbonyl (C=O) groups excluding carboxylic acids is 1. The molecule has 1 aliphatic heterocycles. The van der Waals surface area contributed by atoms with Crippen LogP contribution in [0.1, 0.15) is 21.6 Å². The molecule has 1 amide bonds.